The normalized spacial score (nSPS) is 10.8. The van der Waals surface area contributed by atoms with Gasteiger partial charge in [-0.2, -0.15) is 0 Å². The zero-order chi connectivity index (χ0) is 18.0. The third-order valence-corrected chi connectivity index (χ3v) is 3.90. The molecule has 1 aromatic heterocycles. The fourth-order valence-electron chi connectivity index (χ4n) is 2.46. The Balaban J connectivity index is 2.29. The lowest BCUT2D eigenvalue weighted by Gasteiger charge is -2.09. The molecular weight excluding hydrogens is 328 g/mol. The Labute approximate surface area is 146 Å². The van der Waals surface area contributed by atoms with Gasteiger partial charge in [0.25, 0.3) is 5.91 Å². The molecule has 0 saturated heterocycles. The summed E-state index contributed by atoms with van der Waals surface area (Å²) >= 11 is 6.15. The van der Waals surface area contributed by atoms with Crippen molar-refractivity contribution in [2.24, 2.45) is 0 Å². The van der Waals surface area contributed by atoms with Crippen molar-refractivity contribution in [3.63, 3.8) is 0 Å². The molecule has 1 heterocycles. The number of aromatic nitrogens is 1. The summed E-state index contributed by atoms with van der Waals surface area (Å²) in [6, 6.07) is 5.38. The lowest BCUT2D eigenvalue weighted by atomic mass is 10.1. The number of rotatable bonds is 4. The maximum Gasteiger partial charge on any atom is 0.340 e. The van der Waals surface area contributed by atoms with E-state index < -0.39 is 5.97 Å². The molecule has 0 aliphatic rings. The van der Waals surface area contributed by atoms with Gasteiger partial charge in [-0.3, -0.25) is 4.79 Å². The fraction of sp³-hybridized carbons (Fsp3) is 0.333. The van der Waals surface area contributed by atoms with Gasteiger partial charge in [0, 0.05) is 5.69 Å². The molecule has 2 N–H and O–H groups in total. The molecule has 128 valence electrons. The second-order valence-corrected chi connectivity index (χ2v) is 6.42. The van der Waals surface area contributed by atoms with E-state index in [4.69, 9.17) is 16.3 Å². The van der Waals surface area contributed by atoms with E-state index in [0.29, 0.717) is 33.2 Å². The monoisotopic (exact) mass is 348 g/mol. The molecule has 24 heavy (non-hydrogen) atoms. The molecule has 5 nitrogen and oxygen atoms in total. The smallest absolute Gasteiger partial charge is 0.340 e. The standard InChI is InChI=1S/C18H21ClN2O3/c1-9(2)24-18(23)15-11(4)16(20-12(15)5)17(22)21-14-7-6-10(3)8-13(14)19/h6-9,20H,1-5H3,(H,21,22). The van der Waals surface area contributed by atoms with E-state index in [-0.39, 0.29) is 12.0 Å². The van der Waals surface area contributed by atoms with Crippen LogP contribution < -0.4 is 5.32 Å². The second kappa shape index (κ2) is 7.09. The van der Waals surface area contributed by atoms with Crippen LogP contribution in [-0.4, -0.2) is 23.0 Å². The first-order valence-electron chi connectivity index (χ1n) is 7.68. The van der Waals surface area contributed by atoms with Gasteiger partial charge < -0.3 is 15.0 Å². The van der Waals surface area contributed by atoms with Gasteiger partial charge in [-0.05, 0) is 57.9 Å². The number of carbonyl (C=O) groups excluding carboxylic acids is 2. The van der Waals surface area contributed by atoms with Gasteiger partial charge in [0.1, 0.15) is 5.69 Å². The molecule has 0 spiro atoms. The number of anilines is 1. The summed E-state index contributed by atoms with van der Waals surface area (Å²) in [5.41, 5.74) is 3.38. The first kappa shape index (κ1) is 18.1. The predicted octanol–water partition coefficient (Wildman–Crippen LogP) is 4.41. The Morgan fingerprint density at radius 2 is 1.88 bits per heavy atom. The summed E-state index contributed by atoms with van der Waals surface area (Å²) in [6.07, 6.45) is -0.227. The van der Waals surface area contributed by atoms with Crippen LogP contribution >= 0.6 is 11.6 Å². The quantitative estimate of drug-likeness (QED) is 0.804. The number of aryl methyl sites for hydroxylation is 2. The highest BCUT2D eigenvalue weighted by Crippen LogP contribution is 2.25. The van der Waals surface area contributed by atoms with Crippen molar-refractivity contribution in [1.29, 1.82) is 0 Å². The minimum atomic E-state index is -0.441. The number of benzene rings is 1. The summed E-state index contributed by atoms with van der Waals surface area (Å²) in [5.74, 6) is -0.798. The maximum absolute atomic E-state index is 12.5. The number of esters is 1. The molecule has 1 aromatic carbocycles. The van der Waals surface area contributed by atoms with E-state index in [1.165, 1.54) is 0 Å². The van der Waals surface area contributed by atoms with E-state index in [2.05, 4.69) is 10.3 Å². The fourth-order valence-corrected chi connectivity index (χ4v) is 2.74. The van der Waals surface area contributed by atoms with Gasteiger partial charge in [-0.15, -0.1) is 0 Å². The number of amides is 1. The van der Waals surface area contributed by atoms with Crippen LogP contribution in [0.1, 0.15) is 51.5 Å². The average Bonchev–Trinajstić information content (AvgIpc) is 2.76. The third kappa shape index (κ3) is 3.79. The van der Waals surface area contributed by atoms with Crippen molar-refractivity contribution < 1.29 is 14.3 Å². The molecule has 0 atom stereocenters. The van der Waals surface area contributed by atoms with Gasteiger partial charge in [-0.1, -0.05) is 17.7 Å². The molecule has 0 saturated carbocycles. The number of halogens is 1. The summed E-state index contributed by atoms with van der Waals surface area (Å²) in [5, 5.41) is 3.22. The van der Waals surface area contributed by atoms with Crippen molar-refractivity contribution in [2.75, 3.05) is 5.32 Å². The van der Waals surface area contributed by atoms with Crippen LogP contribution in [0.4, 0.5) is 5.69 Å². The summed E-state index contributed by atoms with van der Waals surface area (Å²) in [4.78, 5) is 27.7. The highest BCUT2D eigenvalue weighted by Gasteiger charge is 2.24. The predicted molar refractivity (Wildman–Crippen MR) is 95.0 cm³/mol. The molecular formula is C18H21ClN2O3. The number of aromatic amines is 1. The molecule has 2 rings (SSSR count). The van der Waals surface area contributed by atoms with Crippen LogP contribution in [0.25, 0.3) is 0 Å². The van der Waals surface area contributed by atoms with Crippen molar-refractivity contribution in [3.8, 4) is 0 Å². The summed E-state index contributed by atoms with van der Waals surface area (Å²) in [6.45, 7) is 8.93. The zero-order valence-corrected chi connectivity index (χ0v) is 15.2. The zero-order valence-electron chi connectivity index (χ0n) is 14.4. The van der Waals surface area contributed by atoms with Crippen LogP contribution in [0.15, 0.2) is 18.2 Å². The van der Waals surface area contributed by atoms with Crippen LogP contribution in [0.2, 0.25) is 5.02 Å². The van der Waals surface area contributed by atoms with Crippen LogP contribution in [0.5, 0.6) is 0 Å². The number of hydrogen-bond acceptors (Lipinski definition) is 3. The molecule has 0 aliphatic carbocycles. The molecule has 0 fully saturated rings. The Hall–Kier alpha value is -2.27. The second-order valence-electron chi connectivity index (χ2n) is 6.02. The van der Waals surface area contributed by atoms with Gasteiger partial charge in [-0.25, -0.2) is 4.79 Å². The van der Waals surface area contributed by atoms with Crippen molar-refractivity contribution in [2.45, 2.75) is 40.7 Å². The van der Waals surface area contributed by atoms with Crippen molar-refractivity contribution in [3.05, 3.63) is 51.3 Å². The van der Waals surface area contributed by atoms with Gasteiger partial charge >= 0.3 is 5.97 Å². The highest BCUT2D eigenvalue weighted by atomic mass is 35.5. The van der Waals surface area contributed by atoms with Crippen LogP contribution in [-0.2, 0) is 4.74 Å². The average molecular weight is 349 g/mol. The first-order valence-corrected chi connectivity index (χ1v) is 8.06. The first-order chi connectivity index (χ1) is 11.2. The minimum absolute atomic E-state index is 0.227. The number of H-pyrrole nitrogens is 1. The van der Waals surface area contributed by atoms with Gasteiger partial charge in [0.15, 0.2) is 0 Å². The van der Waals surface area contributed by atoms with E-state index in [0.717, 1.165) is 5.56 Å². The Morgan fingerprint density at radius 1 is 1.21 bits per heavy atom. The highest BCUT2D eigenvalue weighted by molar-refractivity contribution is 6.34. The molecule has 2 aromatic rings. The van der Waals surface area contributed by atoms with E-state index >= 15 is 0 Å². The number of carbonyl (C=O) groups is 2. The van der Waals surface area contributed by atoms with Gasteiger partial charge in [0.2, 0.25) is 0 Å². The number of hydrogen-bond donors (Lipinski definition) is 2. The third-order valence-electron chi connectivity index (χ3n) is 3.58. The van der Waals surface area contributed by atoms with Crippen molar-refractivity contribution in [1.82, 2.24) is 4.98 Å². The summed E-state index contributed by atoms with van der Waals surface area (Å²) < 4.78 is 5.23. The SMILES string of the molecule is Cc1ccc(NC(=O)c2[nH]c(C)c(C(=O)OC(C)C)c2C)c(Cl)c1. The van der Waals surface area contributed by atoms with E-state index in [1.807, 2.05) is 13.0 Å². The van der Waals surface area contributed by atoms with Crippen LogP contribution in [0, 0.1) is 20.8 Å². The van der Waals surface area contributed by atoms with E-state index in [1.54, 1.807) is 39.8 Å². The summed E-state index contributed by atoms with van der Waals surface area (Å²) in [7, 11) is 0. The Bertz CT molecular complexity index is 794. The minimum Gasteiger partial charge on any atom is -0.459 e. The molecule has 0 unspecified atom stereocenters. The molecule has 1 amide bonds. The van der Waals surface area contributed by atoms with E-state index in [9.17, 15) is 9.59 Å². The molecule has 0 radical (unpaired) electrons. The lowest BCUT2D eigenvalue weighted by molar-refractivity contribution is 0.0376. The molecule has 6 heteroatoms. The largest absolute Gasteiger partial charge is 0.459 e. The molecule has 0 bridgehead atoms. The van der Waals surface area contributed by atoms with Crippen molar-refractivity contribution >= 4 is 29.2 Å². The molecule has 0 aliphatic heterocycles. The van der Waals surface area contributed by atoms with Crippen LogP contribution in [0.3, 0.4) is 0 Å². The maximum atomic E-state index is 12.5. The Kier molecular flexibility index (Phi) is 5.34. The number of ether oxygens (including phenoxy) is 1. The number of nitrogens with one attached hydrogen (secondary N) is 2. The van der Waals surface area contributed by atoms with Gasteiger partial charge in [0.05, 0.1) is 22.4 Å². The Morgan fingerprint density at radius 3 is 2.46 bits per heavy atom. The topological polar surface area (TPSA) is 71.2 Å². The lowest BCUT2D eigenvalue weighted by Crippen LogP contribution is -2.15.